The van der Waals surface area contributed by atoms with Crippen LogP contribution in [0.3, 0.4) is 0 Å². The third-order valence-corrected chi connectivity index (χ3v) is 8.52. The van der Waals surface area contributed by atoms with Gasteiger partial charge in [0.1, 0.15) is 35.8 Å². The molecule has 2 unspecified atom stereocenters. The molecule has 0 spiro atoms. The summed E-state index contributed by atoms with van der Waals surface area (Å²) in [5.74, 6) is -0.979. The standard InChI is InChI=1S/C28H53N7O11/c1-28(42)12-43-26(21(41)24(28)33-2)45-22-13(8-19(39)18(38)5-6-35-27(31)32)7-17(30)23(20(22)40)46-25-16(29)4-3-15(44-25)10-34-9-14(37)11-36/h3,13-14,16-18,20-26,33-34,36-38,40-42H,4-12,29-30H2,1-2H3,(H4,31,32,35)/t13-,14?,16+,17-,18-,20+,21+,22-,23?,24+,25+,26+,28-/m0/s1. The van der Waals surface area contributed by atoms with Gasteiger partial charge in [-0.2, -0.15) is 0 Å². The molecule has 1 saturated heterocycles. The Kier molecular flexibility index (Phi) is 14.5. The van der Waals surface area contributed by atoms with Crippen LogP contribution in [0.2, 0.25) is 0 Å². The first-order valence-corrected chi connectivity index (χ1v) is 15.5. The number of likely N-dealkylation sites (N-methyl/N-ethyl adjacent to an activating group) is 1. The number of aliphatic imine (C=N–C) groups is 1. The molecule has 3 aliphatic rings. The molecule has 2 aliphatic heterocycles. The average Bonchev–Trinajstić information content (AvgIpc) is 2.99. The molecule has 0 radical (unpaired) electrons. The molecule has 2 fully saturated rings. The summed E-state index contributed by atoms with van der Waals surface area (Å²) in [6.07, 6.45) is -7.76. The largest absolute Gasteiger partial charge is 0.467 e. The minimum absolute atomic E-state index is 0.0285. The summed E-state index contributed by atoms with van der Waals surface area (Å²) in [6.45, 7) is 1.28. The molecular weight excluding hydrogens is 610 g/mol. The maximum atomic E-state index is 13.0. The van der Waals surface area contributed by atoms with Gasteiger partial charge in [0, 0.05) is 32.0 Å². The Bertz CT molecular complexity index is 1030. The van der Waals surface area contributed by atoms with Gasteiger partial charge in [0.2, 0.25) is 6.29 Å². The van der Waals surface area contributed by atoms with Crippen LogP contribution in [-0.2, 0) is 23.7 Å². The molecule has 13 atom stereocenters. The predicted molar refractivity (Wildman–Crippen MR) is 163 cm³/mol. The fourth-order valence-electron chi connectivity index (χ4n) is 5.99. The van der Waals surface area contributed by atoms with E-state index in [1.807, 2.05) is 0 Å². The molecule has 18 heteroatoms. The van der Waals surface area contributed by atoms with Crippen molar-refractivity contribution in [1.29, 1.82) is 0 Å². The Morgan fingerprint density at radius 3 is 2.50 bits per heavy atom. The number of rotatable bonds is 16. The number of nitrogens with one attached hydrogen (secondary N) is 2. The van der Waals surface area contributed by atoms with E-state index >= 15 is 0 Å². The summed E-state index contributed by atoms with van der Waals surface area (Å²) in [5, 5.41) is 68.2. The van der Waals surface area contributed by atoms with Crippen molar-refractivity contribution in [1.82, 2.24) is 10.6 Å². The van der Waals surface area contributed by atoms with Crippen LogP contribution in [0.15, 0.2) is 16.8 Å². The number of carbonyl (C=O) groups excluding carboxylic acids is 1. The van der Waals surface area contributed by atoms with Gasteiger partial charge in [0.05, 0.1) is 44.1 Å². The number of nitrogens with zero attached hydrogens (tertiary/aromatic N) is 1. The van der Waals surface area contributed by atoms with E-state index in [9.17, 15) is 30.3 Å². The topological polar surface area (TPSA) is 316 Å². The van der Waals surface area contributed by atoms with Crippen LogP contribution in [0.5, 0.6) is 0 Å². The molecule has 0 amide bonds. The second kappa shape index (κ2) is 17.4. The SMILES string of the molecule is CN[C@@H]1[C@@H](O)[C@@H](O[C@H]2[C@H](CC(=O)[C@@H](O)CCN=C(N)N)C[C@H](N)C(O[C@H]3OC(CNCC(O)CO)=CC[C@H]3N)[C@@H]2O)OC[C@]1(C)O. The third-order valence-electron chi connectivity index (χ3n) is 8.52. The van der Waals surface area contributed by atoms with Crippen molar-refractivity contribution in [3.8, 4) is 0 Å². The van der Waals surface area contributed by atoms with Gasteiger partial charge in [-0.1, -0.05) is 0 Å². The van der Waals surface area contributed by atoms with E-state index in [-0.39, 0.29) is 51.5 Å². The Morgan fingerprint density at radius 2 is 1.85 bits per heavy atom. The minimum Gasteiger partial charge on any atom is -0.467 e. The third kappa shape index (κ3) is 10.2. The molecule has 2 heterocycles. The number of carbonyl (C=O) groups is 1. The van der Waals surface area contributed by atoms with Crippen molar-refractivity contribution in [3.05, 3.63) is 11.8 Å². The second-order valence-corrected chi connectivity index (χ2v) is 12.5. The maximum absolute atomic E-state index is 13.0. The quantitative estimate of drug-likeness (QED) is 0.0541. The molecule has 46 heavy (non-hydrogen) atoms. The molecular formula is C28H53N7O11. The maximum Gasteiger partial charge on any atom is 0.215 e. The number of Topliss-reactive ketones (excluding diaryl/α,β-unsaturated/α-hetero) is 1. The number of hydrogen-bond donors (Lipinski definition) is 12. The van der Waals surface area contributed by atoms with Crippen LogP contribution in [0.1, 0.15) is 32.6 Å². The van der Waals surface area contributed by atoms with Crippen molar-refractivity contribution in [2.45, 2.75) is 106 Å². The highest BCUT2D eigenvalue weighted by Crippen LogP contribution is 2.36. The van der Waals surface area contributed by atoms with Gasteiger partial charge < -0.3 is 83.2 Å². The molecule has 18 nitrogen and oxygen atoms in total. The Labute approximate surface area is 268 Å². The Hall–Kier alpha value is -2.04. The van der Waals surface area contributed by atoms with Crippen molar-refractivity contribution in [2.24, 2.45) is 33.8 Å². The van der Waals surface area contributed by atoms with Gasteiger partial charge in [0.15, 0.2) is 18.0 Å². The van der Waals surface area contributed by atoms with E-state index in [0.717, 1.165) is 0 Å². The molecule has 0 aromatic carbocycles. The zero-order valence-electron chi connectivity index (χ0n) is 26.4. The molecule has 0 aromatic rings. The van der Waals surface area contributed by atoms with Gasteiger partial charge in [-0.25, -0.2) is 0 Å². The molecule has 0 bridgehead atoms. The van der Waals surface area contributed by atoms with Crippen LogP contribution in [0.4, 0.5) is 0 Å². The van der Waals surface area contributed by atoms with E-state index in [2.05, 4.69) is 15.6 Å². The lowest BCUT2D eigenvalue weighted by molar-refractivity contribution is -0.308. The van der Waals surface area contributed by atoms with Crippen molar-refractivity contribution in [2.75, 3.05) is 39.9 Å². The second-order valence-electron chi connectivity index (χ2n) is 12.5. The van der Waals surface area contributed by atoms with Crippen LogP contribution < -0.4 is 33.6 Å². The molecule has 1 saturated carbocycles. The van der Waals surface area contributed by atoms with Crippen molar-refractivity contribution in [3.63, 3.8) is 0 Å². The number of ketones is 1. The first kappa shape index (κ1) is 38.4. The summed E-state index contributed by atoms with van der Waals surface area (Å²) < 4.78 is 23.9. The summed E-state index contributed by atoms with van der Waals surface area (Å²) >= 11 is 0. The molecule has 1 aliphatic carbocycles. The first-order valence-electron chi connectivity index (χ1n) is 15.5. The number of guanidine groups is 1. The van der Waals surface area contributed by atoms with E-state index in [1.54, 1.807) is 13.1 Å². The Balaban J connectivity index is 1.77. The lowest BCUT2D eigenvalue weighted by Crippen LogP contribution is -2.67. The van der Waals surface area contributed by atoms with E-state index < -0.39 is 91.2 Å². The van der Waals surface area contributed by atoms with E-state index in [0.29, 0.717) is 12.2 Å². The fourth-order valence-corrected chi connectivity index (χ4v) is 5.99. The van der Waals surface area contributed by atoms with Crippen LogP contribution in [0.25, 0.3) is 0 Å². The fraction of sp³-hybridized carbons (Fsp3) is 0.857. The van der Waals surface area contributed by atoms with E-state index in [1.165, 1.54) is 6.92 Å². The summed E-state index contributed by atoms with van der Waals surface area (Å²) in [4.78, 5) is 16.8. The minimum atomic E-state index is -1.46. The number of nitrogens with two attached hydrogens (primary N) is 4. The number of hydrogen-bond acceptors (Lipinski definition) is 16. The average molecular weight is 664 g/mol. The van der Waals surface area contributed by atoms with Gasteiger partial charge in [-0.3, -0.25) is 9.79 Å². The zero-order valence-corrected chi connectivity index (χ0v) is 26.4. The Morgan fingerprint density at radius 1 is 1.15 bits per heavy atom. The summed E-state index contributed by atoms with van der Waals surface area (Å²) in [5.41, 5.74) is 22.0. The van der Waals surface area contributed by atoms with Crippen LogP contribution >= 0.6 is 0 Å². The first-order chi connectivity index (χ1) is 21.7. The predicted octanol–water partition coefficient (Wildman–Crippen LogP) is -5.59. The van der Waals surface area contributed by atoms with Crippen molar-refractivity contribution < 1.29 is 54.4 Å². The zero-order chi connectivity index (χ0) is 34.2. The highest BCUT2D eigenvalue weighted by atomic mass is 16.7. The van der Waals surface area contributed by atoms with Crippen molar-refractivity contribution >= 4 is 11.7 Å². The van der Waals surface area contributed by atoms with E-state index in [4.69, 9.17) is 47.0 Å². The van der Waals surface area contributed by atoms with Gasteiger partial charge in [0.25, 0.3) is 0 Å². The van der Waals surface area contributed by atoms with Crippen LogP contribution in [-0.4, -0.2) is 155 Å². The summed E-state index contributed by atoms with van der Waals surface area (Å²) in [7, 11) is 1.56. The van der Waals surface area contributed by atoms with Gasteiger partial charge >= 0.3 is 0 Å². The molecule has 0 aromatic heterocycles. The molecule has 16 N–H and O–H groups in total. The lowest BCUT2D eigenvalue weighted by atomic mass is 9.76. The van der Waals surface area contributed by atoms with Gasteiger partial charge in [-0.15, -0.1) is 0 Å². The smallest absolute Gasteiger partial charge is 0.215 e. The lowest BCUT2D eigenvalue weighted by Gasteiger charge is -2.48. The number of aliphatic hydroxyl groups excluding tert-OH is 5. The number of ether oxygens (including phenoxy) is 4. The summed E-state index contributed by atoms with van der Waals surface area (Å²) in [6, 6.07) is -2.28. The monoisotopic (exact) mass is 663 g/mol. The molecule has 266 valence electrons. The van der Waals surface area contributed by atoms with Crippen LogP contribution in [0, 0.1) is 5.92 Å². The highest BCUT2D eigenvalue weighted by molar-refractivity contribution is 5.83. The van der Waals surface area contributed by atoms with Gasteiger partial charge in [-0.05, 0) is 38.8 Å². The number of aliphatic hydroxyl groups is 6. The molecule has 3 rings (SSSR count). The highest BCUT2D eigenvalue weighted by Gasteiger charge is 2.51. The normalized spacial score (nSPS) is 37.9.